The Morgan fingerprint density at radius 3 is 2.59 bits per heavy atom. The van der Waals surface area contributed by atoms with Gasteiger partial charge in [0, 0.05) is 39.8 Å². The number of para-hydroxylation sites is 1. The van der Waals surface area contributed by atoms with Crippen molar-refractivity contribution in [3.8, 4) is 0 Å². The standard InChI is InChI=1S/C20H28N6S3/c1-15(2)12-24-8-10-25(11-9-24)14-26-20(27)23(3)18(22-26)13-28-19-21-16-6-4-5-7-17(16)29-19/h4-7,15H,8-14H2,1-3H3. The van der Waals surface area contributed by atoms with Crippen LogP contribution in [0.4, 0.5) is 0 Å². The molecule has 1 saturated heterocycles. The highest BCUT2D eigenvalue weighted by Crippen LogP contribution is 2.31. The molecule has 1 aliphatic rings. The largest absolute Gasteiger partial charge is 0.306 e. The van der Waals surface area contributed by atoms with E-state index in [0.29, 0.717) is 0 Å². The number of thiazole rings is 1. The summed E-state index contributed by atoms with van der Waals surface area (Å²) in [5.41, 5.74) is 1.07. The van der Waals surface area contributed by atoms with Crippen molar-refractivity contribution in [2.24, 2.45) is 13.0 Å². The van der Waals surface area contributed by atoms with Crippen molar-refractivity contribution < 1.29 is 0 Å². The lowest BCUT2D eigenvalue weighted by Crippen LogP contribution is -2.47. The number of hydrogen-bond donors (Lipinski definition) is 0. The average molecular weight is 449 g/mol. The van der Waals surface area contributed by atoms with Crippen molar-refractivity contribution in [2.75, 3.05) is 32.7 Å². The van der Waals surface area contributed by atoms with Gasteiger partial charge in [-0.05, 0) is 30.3 Å². The molecule has 0 aliphatic carbocycles. The molecule has 2 aromatic heterocycles. The number of piperazine rings is 1. The second-order valence-electron chi connectivity index (χ2n) is 7.95. The van der Waals surface area contributed by atoms with Crippen LogP contribution in [-0.2, 0) is 19.5 Å². The number of fused-ring (bicyclic) bond motifs is 1. The number of hydrogen-bond acceptors (Lipinski definition) is 7. The first-order valence-electron chi connectivity index (χ1n) is 10.1. The second-order valence-corrected chi connectivity index (χ2v) is 10.6. The first-order valence-corrected chi connectivity index (χ1v) is 12.3. The van der Waals surface area contributed by atoms with Gasteiger partial charge in [-0.25, -0.2) is 9.67 Å². The highest BCUT2D eigenvalue weighted by atomic mass is 32.2. The Kier molecular flexibility index (Phi) is 6.70. The third-order valence-electron chi connectivity index (χ3n) is 5.15. The van der Waals surface area contributed by atoms with E-state index in [-0.39, 0.29) is 0 Å². The molecule has 0 saturated carbocycles. The Balaban J connectivity index is 1.37. The van der Waals surface area contributed by atoms with Gasteiger partial charge in [-0.15, -0.1) is 11.3 Å². The van der Waals surface area contributed by atoms with Crippen LogP contribution in [0.1, 0.15) is 19.7 Å². The summed E-state index contributed by atoms with van der Waals surface area (Å²) in [4.78, 5) is 9.71. The van der Waals surface area contributed by atoms with Gasteiger partial charge in [-0.3, -0.25) is 4.90 Å². The maximum Gasteiger partial charge on any atom is 0.198 e. The van der Waals surface area contributed by atoms with Crippen LogP contribution in [0.5, 0.6) is 0 Å². The minimum Gasteiger partial charge on any atom is -0.306 e. The fraction of sp³-hybridized carbons (Fsp3) is 0.550. The van der Waals surface area contributed by atoms with Crippen molar-refractivity contribution in [1.29, 1.82) is 0 Å². The van der Waals surface area contributed by atoms with Crippen LogP contribution in [0.3, 0.4) is 0 Å². The lowest BCUT2D eigenvalue weighted by Gasteiger charge is -2.35. The van der Waals surface area contributed by atoms with Gasteiger partial charge in [0.25, 0.3) is 0 Å². The lowest BCUT2D eigenvalue weighted by atomic mass is 10.2. The zero-order valence-electron chi connectivity index (χ0n) is 17.2. The summed E-state index contributed by atoms with van der Waals surface area (Å²) in [6.45, 7) is 10.9. The lowest BCUT2D eigenvalue weighted by molar-refractivity contribution is 0.0949. The molecule has 0 radical (unpaired) electrons. The fourth-order valence-electron chi connectivity index (χ4n) is 3.61. The van der Waals surface area contributed by atoms with E-state index in [9.17, 15) is 0 Å². The van der Waals surface area contributed by atoms with E-state index in [1.807, 2.05) is 22.4 Å². The Morgan fingerprint density at radius 1 is 1.14 bits per heavy atom. The monoisotopic (exact) mass is 448 g/mol. The summed E-state index contributed by atoms with van der Waals surface area (Å²) in [5, 5.41) is 4.82. The van der Waals surface area contributed by atoms with Gasteiger partial charge in [0.15, 0.2) is 9.11 Å². The molecule has 1 fully saturated rings. The van der Waals surface area contributed by atoms with Crippen LogP contribution in [-0.4, -0.2) is 61.9 Å². The van der Waals surface area contributed by atoms with E-state index in [1.165, 1.54) is 11.2 Å². The molecule has 9 heteroatoms. The van der Waals surface area contributed by atoms with Crippen LogP contribution in [0, 0.1) is 10.7 Å². The average Bonchev–Trinajstić information content (AvgIpc) is 3.23. The summed E-state index contributed by atoms with van der Waals surface area (Å²) in [6, 6.07) is 8.27. The number of thioether (sulfide) groups is 1. The second kappa shape index (κ2) is 9.26. The first-order chi connectivity index (χ1) is 14.0. The number of benzene rings is 1. The SMILES string of the molecule is CC(C)CN1CCN(Cn2nc(CSc3nc4ccccc4s3)n(C)c2=S)CC1. The van der Waals surface area contributed by atoms with Crippen molar-refractivity contribution in [3.63, 3.8) is 0 Å². The minimum absolute atomic E-state index is 0.724. The Hall–Kier alpha value is -1.26. The highest BCUT2D eigenvalue weighted by Gasteiger charge is 2.19. The molecule has 0 spiro atoms. The zero-order valence-corrected chi connectivity index (χ0v) is 19.7. The van der Waals surface area contributed by atoms with Crippen molar-refractivity contribution in [1.82, 2.24) is 29.1 Å². The van der Waals surface area contributed by atoms with E-state index in [2.05, 4.69) is 41.8 Å². The molecule has 3 aromatic rings. The van der Waals surface area contributed by atoms with Gasteiger partial charge in [0.1, 0.15) is 5.82 Å². The summed E-state index contributed by atoms with van der Waals surface area (Å²) < 4.78 is 7.10. The molecule has 1 aliphatic heterocycles. The third kappa shape index (κ3) is 5.08. The van der Waals surface area contributed by atoms with Crippen LogP contribution in [0.2, 0.25) is 0 Å². The highest BCUT2D eigenvalue weighted by molar-refractivity contribution is 8.00. The first kappa shape index (κ1) is 21.0. The van der Waals surface area contributed by atoms with Gasteiger partial charge < -0.3 is 9.47 Å². The fourth-order valence-corrected chi connectivity index (χ4v) is 5.86. The van der Waals surface area contributed by atoms with E-state index in [0.717, 1.165) is 65.0 Å². The molecule has 0 atom stereocenters. The summed E-state index contributed by atoms with van der Waals surface area (Å²) in [6.07, 6.45) is 0. The normalized spacial score (nSPS) is 16.3. The van der Waals surface area contributed by atoms with Crippen LogP contribution >= 0.6 is 35.3 Å². The Bertz CT molecular complexity index is 980. The molecule has 4 rings (SSSR count). The molecule has 156 valence electrons. The van der Waals surface area contributed by atoms with E-state index >= 15 is 0 Å². The van der Waals surface area contributed by atoms with Gasteiger partial charge in [-0.1, -0.05) is 37.7 Å². The topological polar surface area (TPSA) is 42.1 Å². The minimum atomic E-state index is 0.724. The van der Waals surface area contributed by atoms with Crippen molar-refractivity contribution >= 4 is 45.5 Å². The van der Waals surface area contributed by atoms with E-state index < -0.39 is 0 Å². The Labute approximate surface area is 185 Å². The van der Waals surface area contributed by atoms with Crippen LogP contribution in [0.15, 0.2) is 28.6 Å². The van der Waals surface area contributed by atoms with Crippen LogP contribution < -0.4 is 0 Å². The maximum atomic E-state index is 5.65. The quantitative estimate of drug-likeness (QED) is 0.401. The van der Waals surface area contributed by atoms with Gasteiger partial charge in [0.05, 0.1) is 22.6 Å². The number of aromatic nitrogens is 4. The third-order valence-corrected chi connectivity index (χ3v) is 7.81. The van der Waals surface area contributed by atoms with Gasteiger partial charge >= 0.3 is 0 Å². The molecule has 29 heavy (non-hydrogen) atoms. The summed E-state index contributed by atoms with van der Waals surface area (Å²) in [7, 11) is 2.01. The van der Waals surface area contributed by atoms with Crippen molar-refractivity contribution in [2.45, 2.75) is 30.6 Å². The predicted molar refractivity (Wildman–Crippen MR) is 124 cm³/mol. The van der Waals surface area contributed by atoms with Gasteiger partial charge in [-0.2, -0.15) is 5.10 Å². The molecule has 0 bridgehead atoms. The molecular weight excluding hydrogens is 420 g/mol. The summed E-state index contributed by atoms with van der Waals surface area (Å²) >= 11 is 9.12. The summed E-state index contributed by atoms with van der Waals surface area (Å²) in [5.74, 6) is 2.49. The zero-order chi connectivity index (χ0) is 20.4. The Morgan fingerprint density at radius 2 is 1.86 bits per heavy atom. The van der Waals surface area contributed by atoms with E-state index in [1.54, 1.807) is 23.1 Å². The molecule has 6 nitrogen and oxygen atoms in total. The molecule has 0 N–H and O–H groups in total. The molecule has 1 aromatic carbocycles. The maximum absolute atomic E-state index is 5.65. The molecular formula is C20H28N6S3. The molecule has 0 unspecified atom stereocenters. The predicted octanol–water partition coefficient (Wildman–Crippen LogP) is 4.08. The molecule has 0 amide bonds. The van der Waals surface area contributed by atoms with Crippen LogP contribution in [0.25, 0.3) is 10.2 Å². The van der Waals surface area contributed by atoms with Crippen molar-refractivity contribution in [3.05, 3.63) is 34.9 Å². The van der Waals surface area contributed by atoms with E-state index in [4.69, 9.17) is 22.3 Å². The number of rotatable bonds is 7. The molecule has 3 heterocycles. The number of nitrogens with zero attached hydrogens (tertiary/aromatic N) is 6. The smallest absolute Gasteiger partial charge is 0.198 e. The van der Waals surface area contributed by atoms with Gasteiger partial charge in [0.2, 0.25) is 0 Å².